The van der Waals surface area contributed by atoms with E-state index in [0.717, 1.165) is 36.9 Å². The zero-order valence-electron chi connectivity index (χ0n) is 11.4. The molecule has 1 aliphatic carbocycles. The fraction of sp³-hybridized carbons (Fsp3) is 0.571. The number of ether oxygens (including phenoxy) is 1. The molecule has 1 aliphatic rings. The summed E-state index contributed by atoms with van der Waals surface area (Å²) in [7, 11) is 1.74. The third kappa shape index (κ3) is 3.44. The number of anilines is 1. The number of nitro groups is 1. The predicted molar refractivity (Wildman–Crippen MR) is 74.5 cm³/mol. The highest BCUT2D eigenvalue weighted by atomic mass is 16.6. The van der Waals surface area contributed by atoms with Crippen LogP contribution in [-0.2, 0) is 4.74 Å². The number of hydrogen-bond donors (Lipinski definition) is 1. The van der Waals surface area contributed by atoms with Gasteiger partial charge in [-0.2, -0.15) is 0 Å². The fourth-order valence-corrected chi connectivity index (χ4v) is 2.59. The number of non-ortho nitro benzene ring substituents is 1. The number of aryl methyl sites for hydroxylation is 1. The molecule has 0 saturated heterocycles. The molecule has 1 aromatic rings. The summed E-state index contributed by atoms with van der Waals surface area (Å²) in [5, 5.41) is 14.2. The van der Waals surface area contributed by atoms with Crippen molar-refractivity contribution < 1.29 is 9.66 Å². The Balaban J connectivity index is 2.09. The smallest absolute Gasteiger partial charge is 0.271 e. The van der Waals surface area contributed by atoms with Crippen molar-refractivity contribution in [1.82, 2.24) is 0 Å². The summed E-state index contributed by atoms with van der Waals surface area (Å²) in [5.74, 6) is 0. The molecule has 1 saturated carbocycles. The maximum Gasteiger partial charge on any atom is 0.271 e. The van der Waals surface area contributed by atoms with E-state index in [1.54, 1.807) is 25.3 Å². The predicted octanol–water partition coefficient (Wildman–Crippen LogP) is 3.27. The minimum atomic E-state index is -0.358. The topological polar surface area (TPSA) is 64.4 Å². The fourth-order valence-electron chi connectivity index (χ4n) is 2.59. The van der Waals surface area contributed by atoms with E-state index in [1.807, 2.05) is 6.92 Å². The van der Waals surface area contributed by atoms with Gasteiger partial charge in [0.05, 0.1) is 11.0 Å². The molecular formula is C14H20N2O3. The average Bonchev–Trinajstić information content (AvgIpc) is 2.41. The molecule has 0 aliphatic heterocycles. The summed E-state index contributed by atoms with van der Waals surface area (Å²) < 4.78 is 5.40. The van der Waals surface area contributed by atoms with Crippen LogP contribution in [0, 0.1) is 17.0 Å². The van der Waals surface area contributed by atoms with Crippen LogP contribution in [0.3, 0.4) is 0 Å². The molecule has 0 radical (unpaired) electrons. The Bertz CT molecular complexity index is 462. The van der Waals surface area contributed by atoms with Gasteiger partial charge in [0.2, 0.25) is 0 Å². The lowest BCUT2D eigenvalue weighted by atomic mass is 9.92. The van der Waals surface area contributed by atoms with Gasteiger partial charge in [-0.3, -0.25) is 10.1 Å². The Morgan fingerprint density at radius 2 is 2.21 bits per heavy atom. The Kier molecular flexibility index (Phi) is 4.37. The molecule has 0 heterocycles. The first-order valence-corrected chi connectivity index (χ1v) is 6.64. The van der Waals surface area contributed by atoms with Crippen LogP contribution in [0.2, 0.25) is 0 Å². The number of hydrogen-bond acceptors (Lipinski definition) is 4. The van der Waals surface area contributed by atoms with Crippen molar-refractivity contribution in [3.63, 3.8) is 0 Å². The molecule has 0 bridgehead atoms. The Morgan fingerprint density at radius 3 is 2.89 bits per heavy atom. The molecule has 0 amide bonds. The maximum atomic E-state index is 10.8. The van der Waals surface area contributed by atoms with Crippen LogP contribution in [0.25, 0.3) is 0 Å². The van der Waals surface area contributed by atoms with Gasteiger partial charge in [0.15, 0.2) is 0 Å². The van der Waals surface area contributed by atoms with Gasteiger partial charge in [-0.25, -0.2) is 0 Å². The first kappa shape index (κ1) is 13.8. The number of methoxy groups -OCH3 is 1. The standard InChI is InChI=1S/C14H20N2O3/c1-10-6-7-12(16(17)18)9-14(10)15-11-4-3-5-13(8-11)19-2/h6-7,9,11,13,15H,3-5,8H2,1-2H3. The molecule has 2 unspecified atom stereocenters. The molecule has 2 atom stereocenters. The van der Waals surface area contributed by atoms with E-state index in [2.05, 4.69) is 5.32 Å². The number of nitro benzene ring substituents is 1. The van der Waals surface area contributed by atoms with Gasteiger partial charge in [-0.1, -0.05) is 6.07 Å². The lowest BCUT2D eigenvalue weighted by Crippen LogP contribution is -2.31. The van der Waals surface area contributed by atoms with Gasteiger partial charge in [0.25, 0.3) is 5.69 Å². The third-order valence-electron chi connectivity index (χ3n) is 3.75. The van der Waals surface area contributed by atoms with E-state index < -0.39 is 0 Å². The van der Waals surface area contributed by atoms with Gasteiger partial charge in [0, 0.05) is 31.0 Å². The quantitative estimate of drug-likeness (QED) is 0.669. The minimum absolute atomic E-state index is 0.132. The van der Waals surface area contributed by atoms with Crippen LogP contribution in [0.15, 0.2) is 18.2 Å². The highest BCUT2D eigenvalue weighted by Gasteiger charge is 2.22. The normalized spacial score (nSPS) is 23.1. The Hall–Kier alpha value is -1.62. The summed E-state index contributed by atoms with van der Waals surface area (Å²) >= 11 is 0. The Morgan fingerprint density at radius 1 is 1.42 bits per heavy atom. The van der Waals surface area contributed by atoms with Crippen LogP contribution in [-0.4, -0.2) is 24.2 Å². The van der Waals surface area contributed by atoms with Gasteiger partial charge >= 0.3 is 0 Å². The summed E-state index contributed by atoms with van der Waals surface area (Å²) in [6, 6.07) is 5.28. The highest BCUT2D eigenvalue weighted by Crippen LogP contribution is 2.27. The molecule has 1 N–H and O–H groups in total. The van der Waals surface area contributed by atoms with Crippen molar-refractivity contribution in [3.8, 4) is 0 Å². The molecule has 0 aromatic heterocycles. The maximum absolute atomic E-state index is 10.8. The highest BCUT2D eigenvalue weighted by molar-refractivity contribution is 5.57. The summed E-state index contributed by atoms with van der Waals surface area (Å²) in [4.78, 5) is 10.5. The molecular weight excluding hydrogens is 244 g/mol. The first-order chi connectivity index (χ1) is 9.10. The second-order valence-electron chi connectivity index (χ2n) is 5.12. The van der Waals surface area contributed by atoms with E-state index in [9.17, 15) is 10.1 Å². The lowest BCUT2D eigenvalue weighted by molar-refractivity contribution is -0.384. The van der Waals surface area contributed by atoms with Crippen LogP contribution in [0.5, 0.6) is 0 Å². The average molecular weight is 264 g/mol. The lowest BCUT2D eigenvalue weighted by Gasteiger charge is -2.30. The van der Waals surface area contributed by atoms with Crippen LogP contribution in [0.1, 0.15) is 31.2 Å². The zero-order chi connectivity index (χ0) is 13.8. The first-order valence-electron chi connectivity index (χ1n) is 6.64. The van der Waals surface area contributed by atoms with E-state index in [4.69, 9.17) is 4.74 Å². The Labute approximate surface area is 113 Å². The second kappa shape index (κ2) is 6.02. The van der Waals surface area contributed by atoms with Crippen molar-refractivity contribution in [2.45, 2.75) is 44.8 Å². The number of benzene rings is 1. The van der Waals surface area contributed by atoms with Crippen LogP contribution < -0.4 is 5.32 Å². The monoisotopic (exact) mass is 264 g/mol. The third-order valence-corrected chi connectivity index (χ3v) is 3.75. The van der Waals surface area contributed by atoms with Gasteiger partial charge in [-0.15, -0.1) is 0 Å². The summed E-state index contributed by atoms with van der Waals surface area (Å²) in [6.45, 7) is 1.96. The SMILES string of the molecule is COC1CCCC(Nc2cc([N+](=O)[O-])ccc2C)C1. The number of nitrogens with zero attached hydrogens (tertiary/aromatic N) is 1. The van der Waals surface area contributed by atoms with Crippen molar-refractivity contribution in [3.05, 3.63) is 33.9 Å². The van der Waals surface area contributed by atoms with Crippen LogP contribution in [0.4, 0.5) is 11.4 Å². The van der Waals surface area contributed by atoms with E-state index >= 15 is 0 Å². The van der Waals surface area contributed by atoms with Crippen molar-refractivity contribution >= 4 is 11.4 Å². The van der Waals surface area contributed by atoms with Crippen LogP contribution >= 0.6 is 0 Å². The minimum Gasteiger partial charge on any atom is -0.382 e. The van der Waals surface area contributed by atoms with E-state index in [-0.39, 0.29) is 10.6 Å². The molecule has 104 valence electrons. The van der Waals surface area contributed by atoms with E-state index in [1.165, 1.54) is 0 Å². The van der Waals surface area contributed by atoms with Crippen molar-refractivity contribution in [2.24, 2.45) is 0 Å². The van der Waals surface area contributed by atoms with Crippen molar-refractivity contribution in [2.75, 3.05) is 12.4 Å². The zero-order valence-corrected chi connectivity index (χ0v) is 11.4. The van der Waals surface area contributed by atoms with Gasteiger partial charge < -0.3 is 10.1 Å². The van der Waals surface area contributed by atoms with Gasteiger partial charge in [0.1, 0.15) is 0 Å². The molecule has 5 nitrogen and oxygen atoms in total. The van der Waals surface area contributed by atoms with E-state index in [0.29, 0.717) is 12.1 Å². The molecule has 19 heavy (non-hydrogen) atoms. The molecule has 2 rings (SSSR count). The molecule has 0 spiro atoms. The molecule has 5 heteroatoms. The summed E-state index contributed by atoms with van der Waals surface area (Å²) in [5.41, 5.74) is 2.02. The second-order valence-corrected chi connectivity index (χ2v) is 5.12. The molecule has 1 fully saturated rings. The number of rotatable bonds is 4. The summed E-state index contributed by atoms with van der Waals surface area (Å²) in [6.07, 6.45) is 4.57. The van der Waals surface area contributed by atoms with Crippen molar-refractivity contribution in [1.29, 1.82) is 0 Å². The molecule has 1 aromatic carbocycles. The van der Waals surface area contributed by atoms with Gasteiger partial charge in [-0.05, 0) is 38.2 Å². The largest absolute Gasteiger partial charge is 0.382 e. The number of nitrogens with one attached hydrogen (secondary N) is 1.